The second-order valence-corrected chi connectivity index (χ2v) is 11.8. The monoisotopic (exact) mass is 520 g/mol. The van der Waals surface area contributed by atoms with Gasteiger partial charge in [0.25, 0.3) is 0 Å². The van der Waals surface area contributed by atoms with Gasteiger partial charge in [-0.05, 0) is 58.9 Å². The van der Waals surface area contributed by atoms with Crippen LogP contribution < -0.4 is 4.90 Å². The number of benzene rings is 3. The van der Waals surface area contributed by atoms with E-state index in [0.29, 0.717) is 23.4 Å². The van der Waals surface area contributed by atoms with Crippen LogP contribution in [0.4, 0.5) is 11.4 Å². The molecule has 194 valence electrons. The zero-order valence-corrected chi connectivity index (χ0v) is 22.1. The van der Waals surface area contributed by atoms with Crippen LogP contribution >= 0.6 is 0 Å². The molecule has 3 aromatic rings. The van der Waals surface area contributed by atoms with E-state index < -0.39 is 9.84 Å². The predicted octanol–water partition coefficient (Wildman–Crippen LogP) is 4.51. The Hall–Kier alpha value is -3.49. The summed E-state index contributed by atoms with van der Waals surface area (Å²) in [6.45, 7) is 4.51. The van der Waals surface area contributed by atoms with Gasteiger partial charge >= 0.3 is 0 Å². The Balaban J connectivity index is 1.77. The van der Waals surface area contributed by atoms with Crippen molar-refractivity contribution in [2.75, 3.05) is 17.7 Å². The van der Waals surface area contributed by atoms with Crippen LogP contribution in [0.5, 0.6) is 0 Å². The highest BCUT2D eigenvalue weighted by molar-refractivity contribution is 7.90. The number of nitrogens with zero attached hydrogens (tertiary/aromatic N) is 2. The van der Waals surface area contributed by atoms with Gasteiger partial charge < -0.3 is 10.0 Å². The van der Waals surface area contributed by atoms with Crippen LogP contribution in [0.25, 0.3) is 11.1 Å². The maximum Gasteiger partial charge on any atom is 0.218 e. The summed E-state index contributed by atoms with van der Waals surface area (Å²) in [5.41, 5.74) is 4.14. The van der Waals surface area contributed by atoms with Gasteiger partial charge in [-0.2, -0.15) is 0 Å². The minimum Gasteiger partial charge on any atom is -0.392 e. The molecule has 37 heavy (non-hydrogen) atoms. The van der Waals surface area contributed by atoms with E-state index in [1.54, 1.807) is 23.1 Å². The number of sulfone groups is 1. The van der Waals surface area contributed by atoms with Crippen LogP contribution in [0.2, 0.25) is 0 Å². The molecule has 1 unspecified atom stereocenters. The average Bonchev–Trinajstić information content (AvgIpc) is 3.33. The van der Waals surface area contributed by atoms with Gasteiger partial charge in [-0.1, -0.05) is 56.3 Å². The highest BCUT2D eigenvalue weighted by Crippen LogP contribution is 2.42. The number of anilines is 2. The van der Waals surface area contributed by atoms with Gasteiger partial charge in [0.15, 0.2) is 9.84 Å². The molecule has 3 aromatic carbocycles. The quantitative estimate of drug-likeness (QED) is 0.419. The molecule has 0 bridgehead atoms. The molecule has 0 aliphatic carbocycles. The second kappa shape index (κ2) is 10.9. The third-order valence-corrected chi connectivity index (χ3v) is 8.29. The van der Waals surface area contributed by atoms with E-state index >= 15 is 0 Å². The molecule has 0 spiro atoms. The van der Waals surface area contributed by atoms with Crippen molar-refractivity contribution in [2.24, 2.45) is 5.92 Å². The highest BCUT2D eigenvalue weighted by atomic mass is 32.2. The van der Waals surface area contributed by atoms with Crippen molar-refractivity contribution in [1.82, 2.24) is 4.90 Å². The lowest BCUT2D eigenvalue weighted by molar-refractivity contribution is -0.119. The normalized spacial score (nSPS) is 17.7. The first kappa shape index (κ1) is 26.6. The van der Waals surface area contributed by atoms with Crippen molar-refractivity contribution in [3.05, 3.63) is 77.9 Å². The molecule has 0 saturated carbocycles. The van der Waals surface area contributed by atoms with Crippen LogP contribution in [0.3, 0.4) is 0 Å². The molecule has 0 radical (unpaired) electrons. The number of rotatable bonds is 9. The molecule has 1 fully saturated rings. The van der Waals surface area contributed by atoms with E-state index in [1.165, 1.54) is 0 Å². The number of likely N-dealkylation sites (tertiary alicyclic amines) is 1. The van der Waals surface area contributed by atoms with Crippen LogP contribution in [0.15, 0.2) is 71.6 Å². The van der Waals surface area contributed by atoms with Crippen molar-refractivity contribution in [3.8, 4) is 11.1 Å². The number of carbonyl (C=O) groups excluding carboxylic acids is 2. The summed E-state index contributed by atoms with van der Waals surface area (Å²) in [7, 11) is -3.54. The smallest absolute Gasteiger partial charge is 0.218 e. The molecule has 7 nitrogen and oxygen atoms in total. The maximum absolute atomic E-state index is 12.5. The number of aliphatic hydroxyl groups is 1. The molecule has 2 atom stereocenters. The Kier molecular flexibility index (Phi) is 7.80. The summed E-state index contributed by atoms with van der Waals surface area (Å²) in [6, 6.07) is 20.1. The number of para-hydroxylation sites is 1. The summed E-state index contributed by atoms with van der Waals surface area (Å²) in [5.74, 6) is 0.347. The lowest BCUT2D eigenvalue weighted by atomic mass is 9.84. The molecule has 1 heterocycles. The van der Waals surface area contributed by atoms with Crippen LogP contribution in [0.1, 0.15) is 37.3 Å². The Bertz CT molecular complexity index is 1400. The first-order chi connectivity index (χ1) is 17.7. The van der Waals surface area contributed by atoms with Crippen LogP contribution in [-0.4, -0.2) is 50.1 Å². The molecule has 1 saturated heterocycles. The van der Waals surface area contributed by atoms with Crippen LogP contribution in [-0.2, 0) is 26.0 Å². The number of hydrogen-bond acceptors (Lipinski definition) is 5. The van der Waals surface area contributed by atoms with Gasteiger partial charge in [0.1, 0.15) is 0 Å². The summed E-state index contributed by atoms with van der Waals surface area (Å²) in [4.78, 5) is 27.7. The largest absolute Gasteiger partial charge is 0.392 e. The zero-order valence-electron chi connectivity index (χ0n) is 21.2. The highest BCUT2D eigenvalue weighted by Gasteiger charge is 2.38. The molecule has 2 amide bonds. The van der Waals surface area contributed by atoms with E-state index in [2.05, 4.69) is 13.8 Å². The predicted molar refractivity (Wildman–Crippen MR) is 144 cm³/mol. The zero-order chi connectivity index (χ0) is 26.7. The minimum atomic E-state index is -3.54. The Morgan fingerprint density at radius 3 is 2.41 bits per heavy atom. The number of amides is 2. The molecule has 4 rings (SSSR count). The van der Waals surface area contributed by atoms with E-state index in [-0.39, 0.29) is 29.4 Å². The minimum absolute atomic E-state index is 0.0398. The third kappa shape index (κ3) is 5.31. The molecular formula is C29H32N2O5S. The van der Waals surface area contributed by atoms with E-state index in [1.807, 2.05) is 53.4 Å². The van der Waals surface area contributed by atoms with Crippen molar-refractivity contribution in [1.29, 1.82) is 0 Å². The van der Waals surface area contributed by atoms with Gasteiger partial charge in [0.2, 0.25) is 12.8 Å². The summed E-state index contributed by atoms with van der Waals surface area (Å²) >= 11 is 0. The van der Waals surface area contributed by atoms with Crippen molar-refractivity contribution >= 4 is 34.0 Å². The summed E-state index contributed by atoms with van der Waals surface area (Å²) in [6.07, 6.45) is 3.63. The molecule has 1 N–H and O–H groups in total. The number of carbonyl (C=O) groups is 2. The lowest BCUT2D eigenvalue weighted by Crippen LogP contribution is -2.35. The van der Waals surface area contributed by atoms with Gasteiger partial charge in [-0.25, -0.2) is 8.42 Å². The van der Waals surface area contributed by atoms with Crippen molar-refractivity contribution < 1.29 is 23.1 Å². The first-order valence-electron chi connectivity index (χ1n) is 12.3. The van der Waals surface area contributed by atoms with E-state index in [0.717, 1.165) is 42.3 Å². The van der Waals surface area contributed by atoms with Gasteiger partial charge in [0.05, 0.1) is 17.2 Å². The number of aliphatic hydroxyl groups excluding tert-OH is 1. The van der Waals surface area contributed by atoms with Crippen molar-refractivity contribution in [2.45, 2.75) is 43.7 Å². The molecule has 8 heteroatoms. The SMILES string of the molecule is CC(C)C1[C@@H](c2ccccc2N(C=O)c2cccc(-c3ccc(CO)c(S(C)(=O)=O)c3)c2)CCN1C=O. The maximum atomic E-state index is 12.5. The van der Waals surface area contributed by atoms with E-state index in [9.17, 15) is 23.1 Å². The Morgan fingerprint density at radius 1 is 1.03 bits per heavy atom. The second-order valence-electron chi connectivity index (χ2n) is 9.81. The fraction of sp³-hybridized carbons (Fsp3) is 0.310. The number of hydrogen-bond donors (Lipinski definition) is 1. The van der Waals surface area contributed by atoms with E-state index in [4.69, 9.17) is 0 Å². The molecule has 1 aliphatic heterocycles. The lowest BCUT2D eigenvalue weighted by Gasteiger charge is -2.31. The molecular weight excluding hydrogens is 488 g/mol. The van der Waals surface area contributed by atoms with Gasteiger partial charge in [-0.15, -0.1) is 0 Å². The standard InChI is InChI=1S/C29H32N2O5S/c1-20(2)29-26(13-14-30(29)18-33)25-9-4-5-10-27(25)31(19-34)24-8-6-7-21(15-24)22-11-12-23(17-32)28(16-22)37(3,35)36/h4-12,15-16,18-20,26,29,32H,13-14,17H2,1-3H3/t26-,29?/m1/s1. The topological polar surface area (TPSA) is 95.0 Å². The summed E-state index contributed by atoms with van der Waals surface area (Å²) in [5, 5.41) is 9.59. The first-order valence-corrected chi connectivity index (χ1v) is 14.2. The van der Waals surface area contributed by atoms with Gasteiger partial charge in [-0.3, -0.25) is 14.5 Å². The Labute approximate surface area is 218 Å². The molecule has 1 aliphatic rings. The van der Waals surface area contributed by atoms with Gasteiger partial charge in [0, 0.05) is 30.4 Å². The Morgan fingerprint density at radius 2 is 1.76 bits per heavy atom. The fourth-order valence-corrected chi connectivity index (χ4v) is 6.42. The average molecular weight is 521 g/mol. The third-order valence-electron chi connectivity index (χ3n) is 7.11. The van der Waals surface area contributed by atoms with Crippen LogP contribution in [0, 0.1) is 5.92 Å². The molecule has 0 aromatic heterocycles. The summed E-state index contributed by atoms with van der Waals surface area (Å²) < 4.78 is 24.6. The fourth-order valence-electron chi connectivity index (χ4n) is 5.47. The van der Waals surface area contributed by atoms with Crippen molar-refractivity contribution in [3.63, 3.8) is 0 Å².